The van der Waals surface area contributed by atoms with Crippen LogP contribution in [0.5, 0.6) is 11.5 Å². The second kappa shape index (κ2) is 6.61. The molecule has 2 rings (SSSR count). The molecule has 0 atom stereocenters. The van der Waals surface area contributed by atoms with Gasteiger partial charge in [-0.25, -0.2) is 4.79 Å². The maximum atomic E-state index is 10.9. The van der Waals surface area contributed by atoms with E-state index in [1.807, 2.05) is 30.3 Å². The number of benzene rings is 2. The van der Waals surface area contributed by atoms with Crippen LogP contribution in [-0.4, -0.2) is 24.8 Å². The number of ether oxygens (including phenoxy) is 2. The Labute approximate surface area is 117 Å². The molecule has 0 radical (unpaired) electrons. The number of carboxylic acids is 1. The van der Waals surface area contributed by atoms with Crippen molar-refractivity contribution < 1.29 is 19.4 Å². The summed E-state index contributed by atoms with van der Waals surface area (Å²) in [6, 6.07) is 14.6. The van der Waals surface area contributed by atoms with E-state index < -0.39 is 5.97 Å². The second-order valence-corrected chi connectivity index (χ2v) is 4.25. The highest BCUT2D eigenvalue weighted by Crippen LogP contribution is 2.28. The molecule has 20 heavy (non-hydrogen) atoms. The van der Waals surface area contributed by atoms with Gasteiger partial charge in [-0.3, -0.25) is 0 Å². The summed E-state index contributed by atoms with van der Waals surface area (Å²) in [5, 5.41) is 8.92. The summed E-state index contributed by atoms with van der Waals surface area (Å²) in [6.45, 7) is 0.507. The van der Waals surface area contributed by atoms with Crippen molar-refractivity contribution in [2.75, 3.05) is 13.7 Å². The maximum absolute atomic E-state index is 10.9. The van der Waals surface area contributed by atoms with E-state index in [-0.39, 0.29) is 5.56 Å². The first-order valence-electron chi connectivity index (χ1n) is 6.29. The molecule has 0 bridgehead atoms. The average Bonchev–Trinajstić information content (AvgIpc) is 2.48. The Morgan fingerprint density at radius 2 is 1.85 bits per heavy atom. The largest absolute Gasteiger partial charge is 0.493 e. The van der Waals surface area contributed by atoms with Gasteiger partial charge in [0.15, 0.2) is 11.5 Å². The molecule has 2 aromatic carbocycles. The van der Waals surface area contributed by atoms with Crippen LogP contribution < -0.4 is 9.47 Å². The quantitative estimate of drug-likeness (QED) is 0.878. The van der Waals surface area contributed by atoms with Gasteiger partial charge in [0.05, 0.1) is 19.3 Å². The molecule has 0 amide bonds. The predicted octanol–water partition coefficient (Wildman–Crippen LogP) is 3.01. The van der Waals surface area contributed by atoms with E-state index >= 15 is 0 Å². The van der Waals surface area contributed by atoms with Crippen molar-refractivity contribution in [3.05, 3.63) is 59.7 Å². The fraction of sp³-hybridized carbons (Fsp3) is 0.188. The monoisotopic (exact) mass is 272 g/mol. The van der Waals surface area contributed by atoms with Crippen molar-refractivity contribution in [3.63, 3.8) is 0 Å². The van der Waals surface area contributed by atoms with Crippen molar-refractivity contribution in [2.24, 2.45) is 0 Å². The molecular weight excluding hydrogens is 256 g/mol. The van der Waals surface area contributed by atoms with Gasteiger partial charge in [-0.1, -0.05) is 30.3 Å². The first-order chi connectivity index (χ1) is 9.70. The minimum Gasteiger partial charge on any atom is -0.493 e. The first kappa shape index (κ1) is 13.9. The van der Waals surface area contributed by atoms with Crippen LogP contribution in [0.3, 0.4) is 0 Å². The normalized spacial score (nSPS) is 10.1. The number of carbonyl (C=O) groups is 1. The molecule has 104 valence electrons. The van der Waals surface area contributed by atoms with Crippen LogP contribution in [0.25, 0.3) is 0 Å². The predicted molar refractivity (Wildman–Crippen MR) is 75.6 cm³/mol. The molecule has 2 aromatic rings. The summed E-state index contributed by atoms with van der Waals surface area (Å²) >= 11 is 0. The van der Waals surface area contributed by atoms with E-state index in [0.29, 0.717) is 18.1 Å². The topological polar surface area (TPSA) is 55.8 Å². The first-order valence-corrected chi connectivity index (χ1v) is 6.29. The molecule has 0 saturated heterocycles. The lowest BCUT2D eigenvalue weighted by molar-refractivity contribution is 0.0696. The van der Waals surface area contributed by atoms with Gasteiger partial charge in [0, 0.05) is 6.42 Å². The summed E-state index contributed by atoms with van der Waals surface area (Å²) in [5.74, 6) is -0.00877. The lowest BCUT2D eigenvalue weighted by atomic mass is 10.2. The number of hydrogen-bond acceptors (Lipinski definition) is 3. The summed E-state index contributed by atoms with van der Waals surface area (Å²) in [5.41, 5.74) is 1.37. The van der Waals surface area contributed by atoms with E-state index in [0.717, 1.165) is 6.42 Å². The van der Waals surface area contributed by atoms with Crippen LogP contribution in [-0.2, 0) is 6.42 Å². The third-order valence-corrected chi connectivity index (χ3v) is 2.90. The molecule has 1 N–H and O–H groups in total. The molecule has 0 unspecified atom stereocenters. The highest BCUT2D eigenvalue weighted by molar-refractivity contribution is 5.88. The maximum Gasteiger partial charge on any atom is 0.335 e. The molecule has 0 aromatic heterocycles. The number of hydrogen-bond donors (Lipinski definition) is 1. The third kappa shape index (κ3) is 3.51. The Bertz CT molecular complexity index is 578. The van der Waals surface area contributed by atoms with Crippen LogP contribution in [0.1, 0.15) is 15.9 Å². The number of aromatic carboxylic acids is 1. The van der Waals surface area contributed by atoms with Crippen molar-refractivity contribution in [1.29, 1.82) is 0 Å². The molecule has 0 aliphatic carbocycles. The third-order valence-electron chi connectivity index (χ3n) is 2.90. The number of methoxy groups -OCH3 is 1. The standard InChI is InChI=1S/C16H16O4/c1-19-15-11-13(16(17)18)7-8-14(15)20-10-9-12-5-3-2-4-6-12/h2-8,11H,9-10H2,1H3,(H,17,18). The van der Waals surface area contributed by atoms with Gasteiger partial charge in [-0.2, -0.15) is 0 Å². The fourth-order valence-corrected chi connectivity index (χ4v) is 1.84. The molecule has 0 heterocycles. The van der Waals surface area contributed by atoms with Gasteiger partial charge >= 0.3 is 5.97 Å². The molecule has 0 spiro atoms. The molecule has 0 fully saturated rings. The average molecular weight is 272 g/mol. The molecule has 0 aliphatic rings. The smallest absolute Gasteiger partial charge is 0.335 e. The Kier molecular flexibility index (Phi) is 4.60. The van der Waals surface area contributed by atoms with Crippen molar-refractivity contribution in [3.8, 4) is 11.5 Å². The van der Waals surface area contributed by atoms with Gasteiger partial charge in [0.25, 0.3) is 0 Å². The SMILES string of the molecule is COc1cc(C(=O)O)ccc1OCCc1ccccc1. The van der Waals surface area contributed by atoms with Gasteiger partial charge < -0.3 is 14.6 Å². The second-order valence-electron chi connectivity index (χ2n) is 4.25. The van der Waals surface area contributed by atoms with Gasteiger partial charge in [-0.05, 0) is 23.8 Å². The van der Waals surface area contributed by atoms with E-state index in [4.69, 9.17) is 14.6 Å². The van der Waals surface area contributed by atoms with E-state index in [9.17, 15) is 4.79 Å². The Morgan fingerprint density at radius 3 is 2.50 bits per heavy atom. The Morgan fingerprint density at radius 1 is 1.10 bits per heavy atom. The molecular formula is C16H16O4. The van der Waals surface area contributed by atoms with Gasteiger partial charge in [0.2, 0.25) is 0 Å². The number of carboxylic acid groups (broad SMARTS) is 1. The summed E-state index contributed by atoms with van der Waals surface area (Å²) < 4.78 is 10.8. The summed E-state index contributed by atoms with van der Waals surface area (Å²) in [6.07, 6.45) is 0.782. The minimum absolute atomic E-state index is 0.178. The Balaban J connectivity index is 2.00. The van der Waals surface area contributed by atoms with Crippen molar-refractivity contribution in [1.82, 2.24) is 0 Å². The summed E-state index contributed by atoms with van der Waals surface area (Å²) in [7, 11) is 1.49. The Hall–Kier alpha value is -2.49. The van der Waals surface area contributed by atoms with Gasteiger partial charge in [0.1, 0.15) is 0 Å². The van der Waals surface area contributed by atoms with Crippen molar-refractivity contribution in [2.45, 2.75) is 6.42 Å². The zero-order valence-electron chi connectivity index (χ0n) is 11.2. The zero-order chi connectivity index (χ0) is 14.4. The minimum atomic E-state index is -0.987. The fourth-order valence-electron chi connectivity index (χ4n) is 1.84. The van der Waals surface area contributed by atoms with Crippen LogP contribution in [0.4, 0.5) is 0 Å². The lowest BCUT2D eigenvalue weighted by Crippen LogP contribution is -2.04. The molecule has 0 aliphatic heterocycles. The van der Waals surface area contributed by atoms with E-state index in [1.54, 1.807) is 6.07 Å². The van der Waals surface area contributed by atoms with Gasteiger partial charge in [-0.15, -0.1) is 0 Å². The van der Waals surface area contributed by atoms with Crippen LogP contribution in [0, 0.1) is 0 Å². The molecule has 0 saturated carbocycles. The zero-order valence-corrected chi connectivity index (χ0v) is 11.2. The molecule has 4 heteroatoms. The lowest BCUT2D eigenvalue weighted by Gasteiger charge is -2.11. The van der Waals surface area contributed by atoms with Crippen LogP contribution in [0.2, 0.25) is 0 Å². The van der Waals surface area contributed by atoms with E-state index in [1.165, 1.54) is 24.8 Å². The van der Waals surface area contributed by atoms with Crippen molar-refractivity contribution >= 4 is 5.97 Å². The highest BCUT2D eigenvalue weighted by atomic mass is 16.5. The number of rotatable bonds is 6. The van der Waals surface area contributed by atoms with Crippen LogP contribution >= 0.6 is 0 Å². The van der Waals surface area contributed by atoms with Crippen LogP contribution in [0.15, 0.2) is 48.5 Å². The highest BCUT2D eigenvalue weighted by Gasteiger charge is 2.09. The van der Waals surface area contributed by atoms with E-state index in [2.05, 4.69) is 0 Å². The molecule has 4 nitrogen and oxygen atoms in total. The summed E-state index contributed by atoms with van der Waals surface area (Å²) in [4.78, 5) is 10.9.